The molecule has 2 bridgehead atoms. The summed E-state index contributed by atoms with van der Waals surface area (Å²) in [5, 5.41) is 25.4. The van der Waals surface area contributed by atoms with Gasteiger partial charge in [-0.15, -0.1) is 0 Å². The summed E-state index contributed by atoms with van der Waals surface area (Å²) >= 11 is 5.80. The van der Waals surface area contributed by atoms with Gasteiger partial charge in [-0.05, 0) is 43.2 Å². The highest BCUT2D eigenvalue weighted by Crippen LogP contribution is 2.43. The number of halogens is 5. The smallest absolute Gasteiger partial charge is 0.416 e. The number of ether oxygens (including phenoxy) is 2. The van der Waals surface area contributed by atoms with Crippen molar-refractivity contribution in [2.45, 2.75) is 56.5 Å². The summed E-state index contributed by atoms with van der Waals surface area (Å²) < 4.78 is 66.3. The molecule has 2 amide bonds. The van der Waals surface area contributed by atoms with E-state index in [2.05, 4.69) is 25.3 Å². The van der Waals surface area contributed by atoms with Crippen molar-refractivity contribution in [3.05, 3.63) is 63.8 Å². The Morgan fingerprint density at radius 1 is 1.26 bits per heavy atom. The summed E-state index contributed by atoms with van der Waals surface area (Å²) in [4.78, 5) is 34.1. The standard InChI is InChI=1S/C30H29ClF4N6O5/c1-45-28(43)38-15-6-7-17-20(12-15)37-16(14-42)4-2-3-5-22(27-39-21(13-36)26(17)40-27)41-11-10-23(46-29(41)44)24-18(30(33,34)35)8-9-19(31)25(24)32/h6-9,12,16,22-23,37,42H,2-5,10-11,14H2,1H3,(H,38,43)(H,39,40)/t16-,22+,23?/m1/s1. The fourth-order valence-corrected chi connectivity index (χ4v) is 5.93. The lowest BCUT2D eigenvalue weighted by Crippen LogP contribution is -2.42. The summed E-state index contributed by atoms with van der Waals surface area (Å²) in [7, 11) is 1.22. The van der Waals surface area contributed by atoms with E-state index in [0.717, 1.165) is 6.07 Å². The number of amides is 2. The maximum atomic E-state index is 14.9. The molecule has 1 fully saturated rings. The second-order valence-corrected chi connectivity index (χ2v) is 11.2. The number of alkyl halides is 3. The van der Waals surface area contributed by atoms with Gasteiger partial charge in [0.05, 0.1) is 36.0 Å². The summed E-state index contributed by atoms with van der Waals surface area (Å²) in [6, 6.07) is 7.16. The van der Waals surface area contributed by atoms with Crippen molar-refractivity contribution >= 4 is 35.2 Å². The Bertz CT molecular complexity index is 1680. The minimum atomic E-state index is -4.91. The van der Waals surface area contributed by atoms with Crippen molar-refractivity contribution in [1.29, 1.82) is 5.26 Å². The molecule has 0 radical (unpaired) electrons. The first kappa shape index (κ1) is 32.8. The highest BCUT2D eigenvalue weighted by molar-refractivity contribution is 6.30. The number of imidazole rings is 1. The summed E-state index contributed by atoms with van der Waals surface area (Å²) in [5.74, 6) is -1.06. The summed E-state index contributed by atoms with van der Waals surface area (Å²) in [6.45, 7) is -0.327. The predicted octanol–water partition coefficient (Wildman–Crippen LogP) is 6.91. The highest BCUT2D eigenvalue weighted by Gasteiger charge is 2.42. The first-order chi connectivity index (χ1) is 21.9. The van der Waals surface area contributed by atoms with E-state index in [1.165, 1.54) is 12.0 Å². The largest absolute Gasteiger partial charge is 0.453 e. The van der Waals surface area contributed by atoms with Crippen LogP contribution in [0.1, 0.15) is 66.9 Å². The molecule has 11 nitrogen and oxygen atoms in total. The normalized spacial score (nSPS) is 20.3. The molecule has 0 saturated carbocycles. The fraction of sp³-hybridized carbons (Fsp3) is 0.400. The van der Waals surface area contributed by atoms with Gasteiger partial charge in [-0.3, -0.25) is 10.2 Å². The molecule has 244 valence electrons. The number of carbonyl (C=O) groups excluding carboxylic acids is 2. The molecule has 5 rings (SSSR count). The van der Waals surface area contributed by atoms with Crippen molar-refractivity contribution in [3.63, 3.8) is 0 Å². The van der Waals surface area contributed by atoms with Gasteiger partial charge in [0.2, 0.25) is 0 Å². The van der Waals surface area contributed by atoms with Gasteiger partial charge in [0, 0.05) is 41.5 Å². The zero-order valence-corrected chi connectivity index (χ0v) is 25.1. The number of aliphatic hydroxyl groups excluding tert-OH is 1. The number of cyclic esters (lactones) is 1. The molecule has 3 atom stereocenters. The molecule has 16 heteroatoms. The number of aromatic amines is 1. The van der Waals surface area contributed by atoms with Crippen LogP contribution in [0.5, 0.6) is 0 Å². The molecule has 0 spiro atoms. The number of fused-ring (bicyclic) bond motifs is 4. The van der Waals surface area contributed by atoms with Crippen molar-refractivity contribution in [3.8, 4) is 17.3 Å². The lowest BCUT2D eigenvalue weighted by atomic mass is 9.97. The van der Waals surface area contributed by atoms with Gasteiger partial charge in [0.1, 0.15) is 23.8 Å². The quantitative estimate of drug-likeness (QED) is 0.220. The van der Waals surface area contributed by atoms with E-state index in [0.29, 0.717) is 54.4 Å². The Labute approximate surface area is 265 Å². The number of hydrogen-bond acceptors (Lipinski definition) is 8. The van der Waals surface area contributed by atoms with E-state index < -0.39 is 58.5 Å². The van der Waals surface area contributed by atoms with Crippen LogP contribution in [0.3, 0.4) is 0 Å². The van der Waals surface area contributed by atoms with E-state index in [-0.39, 0.29) is 31.1 Å². The van der Waals surface area contributed by atoms with E-state index in [4.69, 9.17) is 16.3 Å². The van der Waals surface area contributed by atoms with Crippen LogP contribution in [-0.2, 0) is 15.7 Å². The van der Waals surface area contributed by atoms with Crippen LogP contribution in [0.15, 0.2) is 30.3 Å². The third kappa shape index (κ3) is 6.68. The Balaban J connectivity index is 1.50. The Morgan fingerprint density at radius 2 is 2.02 bits per heavy atom. The average molecular weight is 665 g/mol. The van der Waals surface area contributed by atoms with Crippen LogP contribution < -0.4 is 10.6 Å². The lowest BCUT2D eigenvalue weighted by molar-refractivity contribution is -0.140. The Hall–Kier alpha value is -4.55. The van der Waals surface area contributed by atoms with Crippen LogP contribution in [0.25, 0.3) is 11.3 Å². The zero-order chi connectivity index (χ0) is 33.2. The third-order valence-electron chi connectivity index (χ3n) is 7.97. The number of H-pyrrole nitrogens is 1. The molecule has 46 heavy (non-hydrogen) atoms. The molecule has 1 saturated heterocycles. The van der Waals surface area contributed by atoms with Gasteiger partial charge < -0.3 is 24.9 Å². The molecule has 1 unspecified atom stereocenters. The molecule has 3 aromatic rings. The van der Waals surface area contributed by atoms with Crippen LogP contribution in [0, 0.1) is 17.1 Å². The van der Waals surface area contributed by atoms with Crippen molar-refractivity contribution < 1.29 is 41.7 Å². The van der Waals surface area contributed by atoms with Gasteiger partial charge in [0.15, 0.2) is 5.69 Å². The van der Waals surface area contributed by atoms with E-state index >= 15 is 0 Å². The summed E-state index contributed by atoms with van der Waals surface area (Å²) in [5.41, 5.74) is -0.479. The molecule has 2 aromatic carbocycles. The van der Waals surface area contributed by atoms with Gasteiger partial charge in [-0.2, -0.15) is 18.4 Å². The molecule has 1 aromatic heterocycles. The molecule has 4 N–H and O–H groups in total. The van der Waals surface area contributed by atoms with Crippen LogP contribution in [-0.4, -0.2) is 58.5 Å². The van der Waals surface area contributed by atoms with Crippen LogP contribution in [0.2, 0.25) is 5.02 Å². The second kappa shape index (κ2) is 13.4. The zero-order valence-electron chi connectivity index (χ0n) is 24.4. The van der Waals surface area contributed by atoms with E-state index in [1.807, 2.05) is 6.07 Å². The van der Waals surface area contributed by atoms with Crippen LogP contribution >= 0.6 is 11.6 Å². The minimum absolute atomic E-state index is 0.00408. The number of nitrogens with zero attached hydrogens (tertiary/aromatic N) is 3. The van der Waals surface area contributed by atoms with Crippen molar-refractivity contribution in [2.75, 3.05) is 30.9 Å². The minimum Gasteiger partial charge on any atom is -0.453 e. The number of aromatic nitrogens is 2. The number of methoxy groups -OCH3 is 1. The summed E-state index contributed by atoms with van der Waals surface area (Å²) in [6.07, 6.45) is -6.32. The first-order valence-electron chi connectivity index (χ1n) is 14.3. The number of anilines is 2. The third-order valence-corrected chi connectivity index (χ3v) is 8.26. The number of hydrogen-bond donors (Lipinski definition) is 4. The first-order valence-corrected chi connectivity index (χ1v) is 14.7. The SMILES string of the molecule is COC(=O)Nc1ccc2c(c1)N[C@@H](CO)CCCC[C@H](N1CCC(c3c(C(F)(F)F)ccc(Cl)c3F)OC1=O)c1nc(C#N)c-2[nH]1. The number of rotatable bonds is 4. The van der Waals surface area contributed by atoms with Gasteiger partial charge in [-0.25, -0.2) is 19.0 Å². The predicted molar refractivity (Wildman–Crippen MR) is 157 cm³/mol. The van der Waals surface area contributed by atoms with Gasteiger partial charge in [0.25, 0.3) is 0 Å². The highest BCUT2D eigenvalue weighted by atomic mass is 35.5. The van der Waals surface area contributed by atoms with E-state index in [9.17, 15) is 37.5 Å². The molecular weight excluding hydrogens is 636 g/mol. The Morgan fingerprint density at radius 3 is 2.70 bits per heavy atom. The number of aliphatic hydroxyl groups is 1. The van der Waals surface area contributed by atoms with Crippen LogP contribution in [0.4, 0.5) is 38.5 Å². The second-order valence-electron chi connectivity index (χ2n) is 10.8. The molecular formula is C30H29ClF4N6O5. The lowest BCUT2D eigenvalue weighted by Gasteiger charge is -2.37. The fourth-order valence-electron chi connectivity index (χ4n) is 5.76. The molecule has 0 aliphatic carbocycles. The van der Waals surface area contributed by atoms with Crippen molar-refractivity contribution in [1.82, 2.24) is 14.9 Å². The topological polar surface area (TPSA) is 153 Å². The molecule has 2 aliphatic rings. The Kier molecular flexibility index (Phi) is 9.59. The maximum Gasteiger partial charge on any atom is 0.416 e. The van der Waals surface area contributed by atoms with Crippen molar-refractivity contribution in [2.24, 2.45) is 0 Å². The van der Waals surface area contributed by atoms with Gasteiger partial charge in [-0.1, -0.05) is 24.4 Å². The number of carbonyl (C=O) groups is 2. The molecule has 3 heterocycles. The molecule has 2 aliphatic heterocycles. The number of nitriles is 1. The van der Waals surface area contributed by atoms with Gasteiger partial charge >= 0.3 is 18.4 Å². The van der Waals surface area contributed by atoms with E-state index in [1.54, 1.807) is 18.2 Å². The average Bonchev–Trinajstić information content (AvgIpc) is 3.45. The maximum absolute atomic E-state index is 14.9. The monoisotopic (exact) mass is 664 g/mol. The number of nitrogens with one attached hydrogen (secondary N) is 3. The number of benzene rings is 2.